The largest absolute Gasteiger partial charge is 0.459 e. The number of ether oxygens (including phenoxy) is 1. The lowest BCUT2D eigenvalue weighted by Crippen LogP contribution is -2.00. The van der Waals surface area contributed by atoms with E-state index < -0.39 is 0 Å². The normalized spacial score (nSPS) is 8.92. The molecule has 4 nitrogen and oxygen atoms in total. The summed E-state index contributed by atoms with van der Waals surface area (Å²) in [6.07, 6.45) is 1.51. The average molecular weight is 176 g/mol. The first-order valence-corrected chi connectivity index (χ1v) is 3.71. The van der Waals surface area contributed by atoms with Crippen molar-refractivity contribution in [2.24, 2.45) is 0 Å². The maximum atomic E-state index is 10.5. The van der Waals surface area contributed by atoms with Gasteiger partial charge in [-0.2, -0.15) is 5.26 Å². The Morgan fingerprint density at radius 1 is 1.77 bits per heavy atom. The van der Waals surface area contributed by atoms with E-state index in [9.17, 15) is 4.79 Å². The van der Waals surface area contributed by atoms with Gasteiger partial charge in [-0.3, -0.25) is 9.78 Å². The van der Waals surface area contributed by atoms with Gasteiger partial charge in [0.2, 0.25) is 0 Å². The number of esters is 1. The van der Waals surface area contributed by atoms with Gasteiger partial charge in [-0.1, -0.05) is 0 Å². The van der Waals surface area contributed by atoms with E-state index in [1.807, 2.05) is 6.07 Å². The fraction of sp³-hybridized carbons (Fsp3) is 0.222. The molecule has 0 fully saturated rings. The molecular formula is C9H8N2O2. The molecule has 0 N–H and O–H groups in total. The highest BCUT2D eigenvalue weighted by molar-refractivity contribution is 5.65. The molecule has 0 atom stereocenters. The third kappa shape index (κ3) is 2.91. The van der Waals surface area contributed by atoms with Crippen LogP contribution in [-0.4, -0.2) is 11.0 Å². The summed E-state index contributed by atoms with van der Waals surface area (Å²) in [7, 11) is 0. The molecule has 0 aliphatic carbocycles. The first-order chi connectivity index (χ1) is 6.22. The highest BCUT2D eigenvalue weighted by atomic mass is 16.5. The van der Waals surface area contributed by atoms with Crippen LogP contribution in [0.4, 0.5) is 0 Å². The van der Waals surface area contributed by atoms with Crippen molar-refractivity contribution < 1.29 is 9.53 Å². The van der Waals surface area contributed by atoms with Crippen molar-refractivity contribution >= 4 is 5.97 Å². The van der Waals surface area contributed by atoms with Gasteiger partial charge < -0.3 is 4.74 Å². The van der Waals surface area contributed by atoms with E-state index in [4.69, 9.17) is 10.00 Å². The van der Waals surface area contributed by atoms with Gasteiger partial charge in [-0.25, -0.2) is 0 Å². The topological polar surface area (TPSA) is 63.0 Å². The Kier molecular flexibility index (Phi) is 2.98. The van der Waals surface area contributed by atoms with E-state index in [1.165, 1.54) is 13.1 Å². The van der Waals surface area contributed by atoms with Gasteiger partial charge in [0, 0.05) is 13.1 Å². The summed E-state index contributed by atoms with van der Waals surface area (Å²) in [5, 5.41) is 8.55. The molecule has 0 saturated carbocycles. The van der Waals surface area contributed by atoms with Crippen molar-refractivity contribution in [3.63, 3.8) is 0 Å². The van der Waals surface area contributed by atoms with Gasteiger partial charge >= 0.3 is 5.97 Å². The molecule has 1 heterocycles. The van der Waals surface area contributed by atoms with Crippen LogP contribution in [0.3, 0.4) is 0 Å². The van der Waals surface area contributed by atoms with E-state index in [-0.39, 0.29) is 12.6 Å². The molecule has 4 heteroatoms. The number of hydrogen-bond donors (Lipinski definition) is 0. The number of aromatic nitrogens is 1. The van der Waals surface area contributed by atoms with E-state index in [2.05, 4.69) is 4.98 Å². The van der Waals surface area contributed by atoms with Crippen LogP contribution in [0.5, 0.6) is 0 Å². The molecule has 66 valence electrons. The maximum Gasteiger partial charge on any atom is 0.303 e. The number of nitriles is 1. The Bertz CT molecular complexity index is 355. The van der Waals surface area contributed by atoms with Crippen LogP contribution in [0.25, 0.3) is 0 Å². The van der Waals surface area contributed by atoms with Crippen LogP contribution in [0, 0.1) is 11.3 Å². The molecule has 13 heavy (non-hydrogen) atoms. The molecule has 0 aliphatic rings. The fourth-order valence-electron chi connectivity index (χ4n) is 0.802. The molecule has 0 aliphatic heterocycles. The van der Waals surface area contributed by atoms with Gasteiger partial charge in [-0.15, -0.1) is 0 Å². The second-order valence-electron chi connectivity index (χ2n) is 2.43. The van der Waals surface area contributed by atoms with Gasteiger partial charge in [0.15, 0.2) is 0 Å². The molecular weight excluding hydrogens is 168 g/mol. The third-order valence-corrected chi connectivity index (χ3v) is 1.37. The Balaban J connectivity index is 2.68. The number of pyridine rings is 1. The minimum absolute atomic E-state index is 0.116. The zero-order valence-electron chi connectivity index (χ0n) is 7.15. The lowest BCUT2D eigenvalue weighted by molar-refractivity contribution is -0.142. The number of carbonyl (C=O) groups is 1. The minimum Gasteiger partial charge on any atom is -0.459 e. The quantitative estimate of drug-likeness (QED) is 0.631. The lowest BCUT2D eigenvalue weighted by Gasteiger charge is -2.00. The Hall–Kier alpha value is -1.89. The Labute approximate surface area is 75.8 Å². The summed E-state index contributed by atoms with van der Waals surface area (Å²) in [6.45, 7) is 1.44. The molecule has 0 unspecified atom stereocenters. The van der Waals surface area contributed by atoms with Crippen LogP contribution in [0.2, 0.25) is 0 Å². The first kappa shape index (κ1) is 9.20. The summed E-state index contributed by atoms with van der Waals surface area (Å²) in [6, 6.07) is 5.16. The van der Waals surface area contributed by atoms with Crippen molar-refractivity contribution in [1.29, 1.82) is 5.26 Å². The fourth-order valence-corrected chi connectivity index (χ4v) is 0.802. The van der Waals surface area contributed by atoms with Crippen LogP contribution >= 0.6 is 0 Å². The highest BCUT2D eigenvalue weighted by Crippen LogP contribution is 2.01. The zero-order valence-corrected chi connectivity index (χ0v) is 7.15. The Morgan fingerprint density at radius 3 is 3.15 bits per heavy atom. The molecule has 0 bridgehead atoms. The molecule has 0 saturated heterocycles. The molecule has 0 amide bonds. The monoisotopic (exact) mass is 176 g/mol. The highest BCUT2D eigenvalue weighted by Gasteiger charge is 1.98. The van der Waals surface area contributed by atoms with Gasteiger partial charge in [0.25, 0.3) is 0 Å². The summed E-state index contributed by atoms with van der Waals surface area (Å²) in [4.78, 5) is 14.4. The van der Waals surface area contributed by atoms with E-state index in [0.717, 1.165) is 0 Å². The standard InChI is InChI=1S/C9H8N2O2/c1-7(12)13-6-9-4-8(5-10)2-3-11-9/h2-4H,6H2,1H3. The van der Waals surface area contributed by atoms with E-state index in [0.29, 0.717) is 11.3 Å². The predicted octanol–water partition coefficient (Wildman–Crippen LogP) is 1.02. The van der Waals surface area contributed by atoms with Crippen LogP contribution < -0.4 is 0 Å². The molecule has 1 aromatic rings. The summed E-state index contributed by atoms with van der Waals surface area (Å²) in [5.41, 5.74) is 1.09. The van der Waals surface area contributed by atoms with Gasteiger partial charge in [-0.05, 0) is 12.1 Å². The third-order valence-electron chi connectivity index (χ3n) is 1.37. The second-order valence-corrected chi connectivity index (χ2v) is 2.43. The molecule has 0 radical (unpaired) electrons. The maximum absolute atomic E-state index is 10.5. The average Bonchev–Trinajstić information content (AvgIpc) is 2.15. The molecule has 0 aromatic carbocycles. The van der Waals surface area contributed by atoms with Crippen LogP contribution in [0.15, 0.2) is 18.3 Å². The van der Waals surface area contributed by atoms with Crippen molar-refractivity contribution in [2.45, 2.75) is 13.5 Å². The van der Waals surface area contributed by atoms with Crippen LogP contribution in [0.1, 0.15) is 18.2 Å². The van der Waals surface area contributed by atoms with Crippen molar-refractivity contribution in [3.8, 4) is 6.07 Å². The minimum atomic E-state index is -0.357. The lowest BCUT2D eigenvalue weighted by atomic mass is 10.2. The van der Waals surface area contributed by atoms with E-state index >= 15 is 0 Å². The number of nitrogens with zero attached hydrogens (tertiary/aromatic N) is 2. The second kappa shape index (κ2) is 4.21. The predicted molar refractivity (Wildman–Crippen MR) is 44.4 cm³/mol. The van der Waals surface area contributed by atoms with Gasteiger partial charge in [0.05, 0.1) is 17.3 Å². The number of hydrogen-bond acceptors (Lipinski definition) is 4. The summed E-state index contributed by atoms with van der Waals surface area (Å²) < 4.78 is 4.72. The molecule has 0 spiro atoms. The Morgan fingerprint density at radius 2 is 2.54 bits per heavy atom. The smallest absolute Gasteiger partial charge is 0.303 e. The molecule has 1 aromatic heterocycles. The SMILES string of the molecule is CC(=O)OCc1cc(C#N)ccn1. The van der Waals surface area contributed by atoms with Crippen molar-refractivity contribution in [2.75, 3.05) is 0 Å². The van der Waals surface area contributed by atoms with Crippen LogP contribution in [-0.2, 0) is 16.1 Å². The summed E-state index contributed by atoms with van der Waals surface area (Å²) >= 11 is 0. The van der Waals surface area contributed by atoms with Crippen molar-refractivity contribution in [3.05, 3.63) is 29.6 Å². The summed E-state index contributed by atoms with van der Waals surface area (Å²) in [5.74, 6) is -0.357. The number of carbonyl (C=O) groups excluding carboxylic acids is 1. The van der Waals surface area contributed by atoms with E-state index in [1.54, 1.807) is 12.1 Å². The first-order valence-electron chi connectivity index (χ1n) is 3.71. The van der Waals surface area contributed by atoms with Crippen molar-refractivity contribution in [1.82, 2.24) is 4.98 Å². The number of rotatable bonds is 2. The zero-order chi connectivity index (χ0) is 9.68. The van der Waals surface area contributed by atoms with Gasteiger partial charge in [0.1, 0.15) is 6.61 Å². The molecule has 1 rings (SSSR count).